The van der Waals surface area contributed by atoms with E-state index in [1.165, 1.54) is 5.56 Å². The van der Waals surface area contributed by atoms with Crippen molar-refractivity contribution in [2.45, 2.75) is 18.6 Å². The fourth-order valence-corrected chi connectivity index (χ4v) is 2.33. The summed E-state index contributed by atoms with van der Waals surface area (Å²) in [6.45, 7) is 0. The Kier molecular flexibility index (Phi) is 2.57. The van der Waals surface area contributed by atoms with Crippen molar-refractivity contribution in [3.63, 3.8) is 0 Å². The van der Waals surface area contributed by atoms with Gasteiger partial charge in [0, 0.05) is 0 Å². The molecule has 2 unspecified atom stereocenters. The lowest BCUT2D eigenvalue weighted by atomic mass is 9.93. The summed E-state index contributed by atoms with van der Waals surface area (Å²) < 4.78 is 6.01. The van der Waals surface area contributed by atoms with E-state index < -0.39 is 0 Å². The fraction of sp³-hybridized carbons (Fsp3) is 0.200. The van der Waals surface area contributed by atoms with Gasteiger partial charge in [-0.05, 0) is 23.6 Å². The summed E-state index contributed by atoms with van der Waals surface area (Å²) in [6.07, 6.45) is 0.835. The number of para-hydroxylation sites is 1. The standard InChI is InChI=1S/C15H15NO/c16-13-10-12-8-4-5-9-14(12)17-15(13)11-6-2-1-3-7-11/h1-9,13,15H,10,16H2. The van der Waals surface area contributed by atoms with E-state index in [9.17, 15) is 0 Å². The third-order valence-electron chi connectivity index (χ3n) is 3.20. The van der Waals surface area contributed by atoms with E-state index >= 15 is 0 Å². The van der Waals surface area contributed by atoms with Gasteiger partial charge < -0.3 is 10.5 Å². The van der Waals surface area contributed by atoms with E-state index in [4.69, 9.17) is 10.5 Å². The lowest BCUT2D eigenvalue weighted by Gasteiger charge is -2.31. The van der Waals surface area contributed by atoms with Crippen LogP contribution in [-0.4, -0.2) is 6.04 Å². The molecule has 0 aromatic heterocycles. The van der Waals surface area contributed by atoms with Crippen LogP contribution in [0.4, 0.5) is 0 Å². The molecule has 1 aliphatic rings. The molecule has 2 atom stereocenters. The van der Waals surface area contributed by atoms with Crippen molar-refractivity contribution < 1.29 is 4.74 Å². The Bertz CT molecular complexity index is 509. The summed E-state index contributed by atoms with van der Waals surface area (Å²) in [6, 6.07) is 18.3. The van der Waals surface area contributed by atoms with Crippen LogP contribution >= 0.6 is 0 Å². The summed E-state index contributed by atoms with van der Waals surface area (Å²) in [7, 11) is 0. The molecule has 0 spiro atoms. The van der Waals surface area contributed by atoms with E-state index in [2.05, 4.69) is 18.2 Å². The number of rotatable bonds is 1. The Morgan fingerprint density at radius 3 is 2.47 bits per heavy atom. The zero-order chi connectivity index (χ0) is 11.7. The Morgan fingerprint density at radius 2 is 1.65 bits per heavy atom. The largest absolute Gasteiger partial charge is 0.484 e. The van der Waals surface area contributed by atoms with Gasteiger partial charge in [0.05, 0.1) is 6.04 Å². The van der Waals surface area contributed by atoms with Gasteiger partial charge in [-0.1, -0.05) is 48.5 Å². The van der Waals surface area contributed by atoms with Crippen LogP contribution in [0.1, 0.15) is 17.2 Å². The van der Waals surface area contributed by atoms with Crippen LogP contribution in [0.25, 0.3) is 0 Å². The van der Waals surface area contributed by atoms with Crippen LogP contribution in [0.2, 0.25) is 0 Å². The van der Waals surface area contributed by atoms with Crippen LogP contribution in [0, 0.1) is 0 Å². The highest BCUT2D eigenvalue weighted by molar-refractivity contribution is 5.38. The number of benzene rings is 2. The van der Waals surface area contributed by atoms with Crippen molar-refractivity contribution in [1.29, 1.82) is 0 Å². The number of fused-ring (bicyclic) bond motifs is 1. The molecule has 0 amide bonds. The minimum Gasteiger partial charge on any atom is -0.484 e. The van der Waals surface area contributed by atoms with Gasteiger partial charge in [0.2, 0.25) is 0 Å². The zero-order valence-electron chi connectivity index (χ0n) is 9.54. The lowest BCUT2D eigenvalue weighted by molar-refractivity contribution is 0.153. The molecule has 2 aromatic carbocycles. The normalized spacial score (nSPS) is 22.6. The average molecular weight is 225 g/mol. The summed E-state index contributed by atoms with van der Waals surface area (Å²) in [5.41, 5.74) is 8.55. The molecule has 3 rings (SSSR count). The first-order valence-corrected chi connectivity index (χ1v) is 5.90. The molecule has 0 radical (unpaired) electrons. The minimum absolute atomic E-state index is 0.0206. The van der Waals surface area contributed by atoms with Gasteiger partial charge in [0.25, 0.3) is 0 Å². The van der Waals surface area contributed by atoms with Crippen LogP contribution in [0.15, 0.2) is 54.6 Å². The van der Waals surface area contributed by atoms with Crippen molar-refractivity contribution in [3.8, 4) is 5.75 Å². The number of hydrogen-bond acceptors (Lipinski definition) is 2. The minimum atomic E-state index is -0.0360. The Labute approximate surface area is 101 Å². The Balaban J connectivity index is 1.95. The molecule has 0 saturated heterocycles. The van der Waals surface area contributed by atoms with Gasteiger partial charge in [-0.2, -0.15) is 0 Å². The smallest absolute Gasteiger partial charge is 0.139 e. The Hall–Kier alpha value is -1.80. The summed E-state index contributed by atoms with van der Waals surface area (Å²) >= 11 is 0. The third kappa shape index (κ3) is 1.92. The summed E-state index contributed by atoms with van der Waals surface area (Å²) in [5, 5.41) is 0. The second kappa shape index (κ2) is 4.22. The van der Waals surface area contributed by atoms with Crippen molar-refractivity contribution in [3.05, 3.63) is 65.7 Å². The van der Waals surface area contributed by atoms with Crippen LogP contribution in [-0.2, 0) is 6.42 Å². The predicted molar refractivity (Wildman–Crippen MR) is 67.9 cm³/mol. The molecule has 2 N–H and O–H groups in total. The molecule has 0 fully saturated rings. The fourth-order valence-electron chi connectivity index (χ4n) is 2.33. The predicted octanol–water partition coefficient (Wildman–Crippen LogP) is 2.69. The summed E-state index contributed by atoms with van der Waals surface area (Å²) in [4.78, 5) is 0. The second-order valence-corrected chi connectivity index (χ2v) is 4.42. The van der Waals surface area contributed by atoms with Crippen molar-refractivity contribution >= 4 is 0 Å². The SMILES string of the molecule is NC1Cc2ccccc2OC1c1ccccc1. The van der Waals surface area contributed by atoms with E-state index in [0.717, 1.165) is 17.7 Å². The van der Waals surface area contributed by atoms with Crippen LogP contribution in [0.3, 0.4) is 0 Å². The number of ether oxygens (including phenoxy) is 1. The number of nitrogens with two attached hydrogens (primary N) is 1. The quantitative estimate of drug-likeness (QED) is 0.809. The number of hydrogen-bond donors (Lipinski definition) is 1. The van der Waals surface area contributed by atoms with Gasteiger partial charge in [-0.15, -0.1) is 0 Å². The average Bonchev–Trinajstić information content (AvgIpc) is 2.39. The van der Waals surface area contributed by atoms with Crippen molar-refractivity contribution in [2.75, 3.05) is 0 Å². The zero-order valence-corrected chi connectivity index (χ0v) is 9.54. The van der Waals surface area contributed by atoms with Gasteiger partial charge in [-0.3, -0.25) is 0 Å². The van der Waals surface area contributed by atoms with Gasteiger partial charge in [0.15, 0.2) is 0 Å². The molecule has 2 aromatic rings. The molecule has 0 bridgehead atoms. The van der Waals surface area contributed by atoms with Gasteiger partial charge in [-0.25, -0.2) is 0 Å². The van der Waals surface area contributed by atoms with Crippen molar-refractivity contribution in [2.24, 2.45) is 5.73 Å². The first kappa shape index (κ1) is 10.4. The second-order valence-electron chi connectivity index (χ2n) is 4.42. The monoisotopic (exact) mass is 225 g/mol. The van der Waals surface area contributed by atoms with E-state index in [1.54, 1.807) is 0 Å². The molecule has 2 heteroatoms. The molecule has 17 heavy (non-hydrogen) atoms. The topological polar surface area (TPSA) is 35.2 Å². The molecule has 0 aliphatic carbocycles. The van der Waals surface area contributed by atoms with E-state index in [0.29, 0.717) is 0 Å². The van der Waals surface area contributed by atoms with Gasteiger partial charge >= 0.3 is 0 Å². The van der Waals surface area contributed by atoms with E-state index in [1.807, 2.05) is 36.4 Å². The highest BCUT2D eigenvalue weighted by atomic mass is 16.5. The van der Waals surface area contributed by atoms with E-state index in [-0.39, 0.29) is 12.1 Å². The highest BCUT2D eigenvalue weighted by Gasteiger charge is 2.27. The highest BCUT2D eigenvalue weighted by Crippen LogP contribution is 2.33. The molecule has 2 nitrogen and oxygen atoms in total. The third-order valence-corrected chi connectivity index (χ3v) is 3.20. The molecule has 86 valence electrons. The molecule has 1 heterocycles. The maximum Gasteiger partial charge on any atom is 0.139 e. The molecular weight excluding hydrogens is 210 g/mol. The van der Waals surface area contributed by atoms with Crippen molar-refractivity contribution in [1.82, 2.24) is 0 Å². The molecular formula is C15H15NO. The first-order chi connectivity index (χ1) is 8.34. The Morgan fingerprint density at radius 1 is 0.941 bits per heavy atom. The maximum atomic E-state index is 6.20. The maximum absolute atomic E-state index is 6.20. The molecule has 0 saturated carbocycles. The van der Waals surface area contributed by atoms with Gasteiger partial charge in [0.1, 0.15) is 11.9 Å². The molecule has 1 aliphatic heterocycles. The summed E-state index contributed by atoms with van der Waals surface area (Å²) in [5.74, 6) is 0.961. The first-order valence-electron chi connectivity index (χ1n) is 5.90. The van der Waals surface area contributed by atoms with Crippen LogP contribution < -0.4 is 10.5 Å². The lowest BCUT2D eigenvalue weighted by Crippen LogP contribution is -2.37. The van der Waals surface area contributed by atoms with Crippen LogP contribution in [0.5, 0.6) is 5.75 Å².